The van der Waals surface area contributed by atoms with Crippen LogP contribution in [0.15, 0.2) is 70.2 Å². The average molecular weight is 572 g/mol. The molecule has 0 saturated heterocycles. The number of carbonyl (C=O) groups is 1. The van der Waals surface area contributed by atoms with E-state index in [1.54, 1.807) is 43.3 Å². The fourth-order valence-corrected chi connectivity index (χ4v) is 5.39. The van der Waals surface area contributed by atoms with Crippen LogP contribution in [0.3, 0.4) is 0 Å². The number of benzene rings is 2. The molecule has 2 heterocycles. The zero-order valence-corrected chi connectivity index (χ0v) is 22.0. The number of nitrogens with zero attached hydrogens (tertiary/aromatic N) is 3. The van der Waals surface area contributed by atoms with E-state index in [-0.39, 0.29) is 29.9 Å². The molecule has 1 aliphatic rings. The molecule has 39 heavy (non-hydrogen) atoms. The van der Waals surface area contributed by atoms with E-state index >= 15 is 0 Å². The number of aromatic nitrogens is 2. The molecule has 2 aromatic carbocycles. The monoisotopic (exact) mass is 571 g/mol. The maximum absolute atomic E-state index is 13.1. The van der Waals surface area contributed by atoms with Gasteiger partial charge in [0, 0.05) is 28.8 Å². The Labute approximate surface area is 227 Å². The molecule has 202 valence electrons. The van der Waals surface area contributed by atoms with Gasteiger partial charge >= 0.3 is 0 Å². The zero-order valence-electron chi connectivity index (χ0n) is 20.5. The van der Waals surface area contributed by atoms with Crippen molar-refractivity contribution in [2.45, 2.75) is 37.2 Å². The highest BCUT2D eigenvalue weighted by atomic mass is 35.5. The summed E-state index contributed by atoms with van der Waals surface area (Å²) in [5.41, 5.74) is 0.326. The van der Waals surface area contributed by atoms with Gasteiger partial charge in [0.15, 0.2) is 5.69 Å². The van der Waals surface area contributed by atoms with E-state index in [0.29, 0.717) is 34.9 Å². The Bertz CT molecular complexity index is 1660. The molecule has 14 heteroatoms. The van der Waals surface area contributed by atoms with E-state index < -0.39 is 31.4 Å². The number of sulfonamides is 1. The Morgan fingerprint density at radius 2 is 2.03 bits per heavy atom. The van der Waals surface area contributed by atoms with Gasteiger partial charge in [-0.2, -0.15) is 9.78 Å². The van der Waals surface area contributed by atoms with Crippen molar-refractivity contribution in [2.24, 2.45) is 0 Å². The fourth-order valence-electron chi connectivity index (χ4n) is 3.76. The largest absolute Gasteiger partial charge is 0.467 e. The molecule has 12 nitrogen and oxygen atoms in total. The van der Waals surface area contributed by atoms with Gasteiger partial charge in [0.05, 0.1) is 23.4 Å². The van der Waals surface area contributed by atoms with Crippen molar-refractivity contribution >= 4 is 33.2 Å². The number of nitro groups is 1. The molecule has 5 rings (SSSR count). The van der Waals surface area contributed by atoms with Crippen LogP contribution in [0.2, 0.25) is 5.02 Å². The van der Waals surface area contributed by atoms with Crippen molar-refractivity contribution in [2.75, 3.05) is 0 Å². The summed E-state index contributed by atoms with van der Waals surface area (Å²) in [4.78, 5) is 23.4. The molecule has 0 unspecified atom stereocenters. The van der Waals surface area contributed by atoms with E-state index in [1.165, 1.54) is 17.0 Å². The van der Waals surface area contributed by atoms with Crippen molar-refractivity contribution in [1.29, 1.82) is 0 Å². The van der Waals surface area contributed by atoms with E-state index in [4.69, 9.17) is 20.8 Å². The first-order valence-corrected chi connectivity index (χ1v) is 13.6. The normalized spacial score (nSPS) is 13.3. The minimum atomic E-state index is -4.16. The number of hydrogen-bond acceptors (Lipinski definition) is 8. The van der Waals surface area contributed by atoms with E-state index in [2.05, 4.69) is 15.1 Å². The zero-order chi connectivity index (χ0) is 27.7. The number of carbonyl (C=O) groups excluding carboxylic acids is 1. The molecule has 2 aromatic heterocycles. The number of rotatable bonds is 10. The van der Waals surface area contributed by atoms with Gasteiger partial charge in [-0.15, -0.1) is 0 Å². The molecule has 0 bridgehead atoms. The van der Waals surface area contributed by atoms with Crippen LogP contribution in [0.1, 0.15) is 34.7 Å². The molecule has 0 radical (unpaired) electrons. The third kappa shape index (κ3) is 5.79. The van der Waals surface area contributed by atoms with Gasteiger partial charge in [0.1, 0.15) is 16.4 Å². The van der Waals surface area contributed by atoms with Gasteiger partial charge in [-0.1, -0.05) is 17.7 Å². The number of hydrogen-bond donors (Lipinski definition) is 2. The molecule has 4 aromatic rings. The summed E-state index contributed by atoms with van der Waals surface area (Å²) in [7, 11) is -4.16. The van der Waals surface area contributed by atoms with Gasteiger partial charge in [-0.05, 0) is 56.2 Å². The lowest BCUT2D eigenvalue weighted by molar-refractivity contribution is -0.385. The summed E-state index contributed by atoms with van der Waals surface area (Å²) in [6, 6.07) is 13.0. The Morgan fingerprint density at radius 1 is 1.23 bits per heavy atom. The first-order chi connectivity index (χ1) is 18.6. The Morgan fingerprint density at radius 3 is 2.69 bits per heavy atom. The highest BCUT2D eigenvalue weighted by molar-refractivity contribution is 7.89. The first kappa shape index (κ1) is 26.4. The molecule has 1 aliphatic carbocycles. The van der Waals surface area contributed by atoms with Gasteiger partial charge in [0.2, 0.25) is 15.9 Å². The van der Waals surface area contributed by atoms with Crippen molar-refractivity contribution in [3.8, 4) is 17.3 Å². The highest BCUT2D eigenvalue weighted by Crippen LogP contribution is 2.36. The summed E-state index contributed by atoms with van der Waals surface area (Å²) in [6.45, 7) is 1.70. The third-order valence-electron chi connectivity index (χ3n) is 5.87. The number of nitro benzene ring substituents is 1. The predicted octanol–water partition coefficient (Wildman–Crippen LogP) is 4.50. The number of amides is 1. The maximum Gasteiger partial charge on any atom is 0.272 e. The quantitative estimate of drug-likeness (QED) is 0.208. The second-order valence-electron chi connectivity index (χ2n) is 8.82. The SMILES string of the molecule is Cc1c(C(=O)NCc2ccco2)nn(-c2cccc(Cl)c2)c1Oc1ccc([N+](=O)[O-])cc1S(=O)(=O)NC1CC1. The number of nitrogens with one attached hydrogen (secondary N) is 2. The van der Waals surface area contributed by atoms with Crippen LogP contribution in [0.5, 0.6) is 11.6 Å². The average Bonchev–Trinajstić information content (AvgIpc) is 3.42. The van der Waals surface area contributed by atoms with Crippen molar-refractivity contribution in [3.63, 3.8) is 0 Å². The van der Waals surface area contributed by atoms with Crippen LogP contribution in [0, 0.1) is 17.0 Å². The van der Waals surface area contributed by atoms with E-state index in [0.717, 1.165) is 12.1 Å². The number of ether oxygens (including phenoxy) is 1. The molecule has 1 amide bonds. The fraction of sp³-hybridized carbons (Fsp3) is 0.200. The van der Waals surface area contributed by atoms with Gasteiger partial charge in [0.25, 0.3) is 11.6 Å². The summed E-state index contributed by atoms with van der Waals surface area (Å²) in [5, 5.41) is 19.0. The molecule has 0 atom stereocenters. The van der Waals surface area contributed by atoms with Crippen LogP contribution in [0.4, 0.5) is 5.69 Å². The van der Waals surface area contributed by atoms with Crippen LogP contribution in [-0.4, -0.2) is 35.1 Å². The predicted molar refractivity (Wildman–Crippen MR) is 140 cm³/mol. The van der Waals surface area contributed by atoms with Crippen molar-refractivity contribution in [1.82, 2.24) is 19.8 Å². The topological polar surface area (TPSA) is 159 Å². The second-order valence-corrected chi connectivity index (χ2v) is 10.9. The second kappa shape index (κ2) is 10.5. The smallest absolute Gasteiger partial charge is 0.272 e. The standard InChI is InChI=1S/C25H22ClN5O7S/c1-15-23(24(32)27-14-20-6-3-11-37-20)28-30(18-5-2-4-16(26)12-18)25(15)38-21-10-9-19(31(33)34)13-22(21)39(35,36)29-17-7-8-17/h2-6,9-13,17,29H,7-8,14H2,1H3,(H,27,32). The molecular formula is C25H22ClN5O7S. The summed E-state index contributed by atoms with van der Waals surface area (Å²) >= 11 is 6.19. The summed E-state index contributed by atoms with van der Waals surface area (Å²) in [6.07, 6.45) is 2.82. The van der Waals surface area contributed by atoms with Crippen LogP contribution < -0.4 is 14.8 Å². The lowest BCUT2D eigenvalue weighted by atomic mass is 10.2. The number of furan rings is 1. The lowest BCUT2D eigenvalue weighted by Crippen LogP contribution is -2.26. The van der Waals surface area contributed by atoms with Crippen LogP contribution in [0.25, 0.3) is 5.69 Å². The van der Waals surface area contributed by atoms with Crippen molar-refractivity contribution in [3.05, 3.63) is 93.0 Å². The summed E-state index contributed by atoms with van der Waals surface area (Å²) < 4.78 is 41.4. The number of non-ortho nitro benzene ring substituents is 1. The Hall–Kier alpha value is -4.20. The van der Waals surface area contributed by atoms with Gasteiger partial charge < -0.3 is 14.5 Å². The maximum atomic E-state index is 13.1. The molecule has 1 fully saturated rings. The van der Waals surface area contributed by atoms with Crippen molar-refractivity contribution < 1.29 is 27.3 Å². The third-order valence-corrected chi connectivity index (χ3v) is 7.65. The summed E-state index contributed by atoms with van der Waals surface area (Å²) in [5.74, 6) is -0.142. The Balaban J connectivity index is 1.58. The molecule has 0 aliphatic heterocycles. The minimum Gasteiger partial charge on any atom is -0.467 e. The lowest BCUT2D eigenvalue weighted by Gasteiger charge is -2.14. The molecule has 0 spiro atoms. The first-order valence-electron chi connectivity index (χ1n) is 11.8. The number of halogens is 1. The Kier molecular flexibility index (Phi) is 7.12. The van der Waals surface area contributed by atoms with Crippen LogP contribution in [-0.2, 0) is 16.6 Å². The highest BCUT2D eigenvalue weighted by Gasteiger charge is 2.32. The minimum absolute atomic E-state index is 0.0129. The van der Waals surface area contributed by atoms with E-state index in [1.807, 2.05) is 0 Å². The van der Waals surface area contributed by atoms with Gasteiger partial charge in [-0.3, -0.25) is 14.9 Å². The molecule has 2 N–H and O–H groups in total. The van der Waals surface area contributed by atoms with Crippen LogP contribution >= 0.6 is 11.6 Å². The molecule has 1 saturated carbocycles. The molecular weight excluding hydrogens is 550 g/mol. The van der Waals surface area contributed by atoms with Gasteiger partial charge in [-0.25, -0.2) is 13.1 Å². The van der Waals surface area contributed by atoms with E-state index in [9.17, 15) is 23.3 Å².